The molecule has 2 heterocycles. The van der Waals surface area contributed by atoms with Crippen molar-refractivity contribution in [2.24, 2.45) is 0 Å². The fourth-order valence-corrected chi connectivity index (χ4v) is 2.15. The van der Waals surface area contributed by atoms with Crippen LogP contribution in [0.25, 0.3) is 0 Å². The highest BCUT2D eigenvalue weighted by Gasteiger charge is 2.04. The third-order valence-corrected chi connectivity index (χ3v) is 3.16. The first-order valence-electron chi connectivity index (χ1n) is 6.85. The molecular weight excluding hydrogens is 276 g/mol. The third kappa shape index (κ3) is 3.27. The molecule has 0 aliphatic carbocycles. The van der Waals surface area contributed by atoms with Crippen LogP contribution in [0, 0.1) is 11.3 Å². The summed E-state index contributed by atoms with van der Waals surface area (Å²) in [6.07, 6.45) is 6.78. The van der Waals surface area contributed by atoms with E-state index in [9.17, 15) is 0 Å². The largest absolute Gasteiger partial charge is 0.364 e. The predicted molar refractivity (Wildman–Crippen MR) is 81.8 cm³/mol. The first kappa shape index (κ1) is 13.8. The molecule has 6 nitrogen and oxygen atoms in total. The lowest BCUT2D eigenvalue weighted by Crippen LogP contribution is -2.05. The Morgan fingerprint density at radius 3 is 2.77 bits per heavy atom. The molecule has 0 amide bonds. The van der Waals surface area contributed by atoms with Crippen LogP contribution >= 0.6 is 0 Å². The van der Waals surface area contributed by atoms with E-state index in [1.54, 1.807) is 12.4 Å². The van der Waals surface area contributed by atoms with Gasteiger partial charge in [-0.05, 0) is 17.2 Å². The number of nitrogens with one attached hydrogen (secondary N) is 1. The number of hydrogen-bond donors (Lipinski definition) is 1. The van der Waals surface area contributed by atoms with Gasteiger partial charge in [0.15, 0.2) is 11.5 Å². The molecular formula is C16H14N6. The van der Waals surface area contributed by atoms with Gasteiger partial charge in [0, 0.05) is 31.3 Å². The van der Waals surface area contributed by atoms with Gasteiger partial charge in [0.25, 0.3) is 0 Å². The van der Waals surface area contributed by atoms with Crippen molar-refractivity contribution in [3.8, 4) is 6.07 Å². The van der Waals surface area contributed by atoms with E-state index in [-0.39, 0.29) is 0 Å². The van der Waals surface area contributed by atoms with Gasteiger partial charge in [0.1, 0.15) is 6.07 Å². The molecule has 0 spiro atoms. The summed E-state index contributed by atoms with van der Waals surface area (Å²) in [6.45, 7) is 1.32. The normalized spacial score (nSPS) is 10.1. The molecule has 3 rings (SSSR count). The molecule has 108 valence electrons. The van der Waals surface area contributed by atoms with Crippen molar-refractivity contribution >= 4 is 5.82 Å². The van der Waals surface area contributed by atoms with Crippen LogP contribution in [0.1, 0.15) is 16.8 Å². The number of anilines is 1. The molecule has 3 aromatic rings. The molecule has 0 aliphatic heterocycles. The van der Waals surface area contributed by atoms with Crippen molar-refractivity contribution in [1.29, 1.82) is 5.26 Å². The first-order valence-corrected chi connectivity index (χ1v) is 6.85. The summed E-state index contributed by atoms with van der Waals surface area (Å²) in [6, 6.07) is 12.1. The second-order valence-electron chi connectivity index (χ2n) is 4.74. The minimum Gasteiger partial charge on any atom is -0.364 e. The van der Waals surface area contributed by atoms with E-state index in [4.69, 9.17) is 5.26 Å². The van der Waals surface area contributed by atoms with Gasteiger partial charge in [-0.15, -0.1) is 0 Å². The van der Waals surface area contributed by atoms with Crippen LogP contribution in [0.3, 0.4) is 0 Å². The lowest BCUT2D eigenvalue weighted by molar-refractivity contribution is 0.686. The first-order chi connectivity index (χ1) is 10.8. The van der Waals surface area contributed by atoms with Gasteiger partial charge in [0.05, 0.1) is 6.54 Å². The van der Waals surface area contributed by atoms with E-state index in [2.05, 4.69) is 32.5 Å². The van der Waals surface area contributed by atoms with E-state index in [1.165, 1.54) is 11.8 Å². The summed E-state index contributed by atoms with van der Waals surface area (Å²) >= 11 is 0. The van der Waals surface area contributed by atoms with Gasteiger partial charge in [0.2, 0.25) is 0 Å². The molecule has 22 heavy (non-hydrogen) atoms. The van der Waals surface area contributed by atoms with Crippen molar-refractivity contribution in [1.82, 2.24) is 19.7 Å². The van der Waals surface area contributed by atoms with Crippen molar-refractivity contribution in [2.45, 2.75) is 13.1 Å². The van der Waals surface area contributed by atoms with Crippen LogP contribution in [0.5, 0.6) is 0 Å². The standard InChI is InChI=1S/C16H14N6/c17-10-15-16(19-7-6-18-15)20-11-13-3-1-4-14(9-13)12-22-8-2-5-21-22/h1-9H,11-12H2,(H,19,20). The summed E-state index contributed by atoms with van der Waals surface area (Å²) in [4.78, 5) is 8.12. The average molecular weight is 290 g/mol. The smallest absolute Gasteiger partial charge is 0.182 e. The van der Waals surface area contributed by atoms with Gasteiger partial charge in [-0.2, -0.15) is 10.4 Å². The quantitative estimate of drug-likeness (QED) is 0.779. The van der Waals surface area contributed by atoms with E-state index in [0.717, 1.165) is 12.1 Å². The molecule has 2 aromatic heterocycles. The summed E-state index contributed by atoms with van der Waals surface area (Å²) in [5.41, 5.74) is 2.58. The number of rotatable bonds is 5. The number of nitrogens with zero attached hydrogens (tertiary/aromatic N) is 5. The number of hydrogen-bond acceptors (Lipinski definition) is 5. The summed E-state index contributed by atoms with van der Waals surface area (Å²) in [5, 5.41) is 16.4. The lowest BCUT2D eigenvalue weighted by atomic mass is 10.1. The highest BCUT2D eigenvalue weighted by molar-refractivity contribution is 5.47. The van der Waals surface area contributed by atoms with E-state index in [0.29, 0.717) is 18.1 Å². The topological polar surface area (TPSA) is 79.4 Å². The Balaban J connectivity index is 1.69. The zero-order valence-electron chi connectivity index (χ0n) is 11.8. The number of benzene rings is 1. The number of nitriles is 1. The molecule has 0 bridgehead atoms. The van der Waals surface area contributed by atoms with Gasteiger partial charge < -0.3 is 5.32 Å². The third-order valence-electron chi connectivity index (χ3n) is 3.16. The Morgan fingerprint density at radius 2 is 1.95 bits per heavy atom. The summed E-state index contributed by atoms with van der Waals surface area (Å²) < 4.78 is 1.88. The zero-order chi connectivity index (χ0) is 15.2. The van der Waals surface area contributed by atoms with Crippen molar-refractivity contribution in [2.75, 3.05) is 5.32 Å². The molecule has 0 atom stereocenters. The van der Waals surface area contributed by atoms with Crippen molar-refractivity contribution in [3.63, 3.8) is 0 Å². The maximum Gasteiger partial charge on any atom is 0.182 e. The highest BCUT2D eigenvalue weighted by Crippen LogP contribution is 2.11. The molecule has 0 saturated carbocycles. The fourth-order valence-electron chi connectivity index (χ4n) is 2.15. The molecule has 6 heteroatoms. The predicted octanol–water partition coefficient (Wildman–Crippen LogP) is 2.21. The van der Waals surface area contributed by atoms with Crippen LogP contribution in [-0.2, 0) is 13.1 Å². The van der Waals surface area contributed by atoms with Crippen molar-refractivity contribution < 1.29 is 0 Å². The van der Waals surface area contributed by atoms with Crippen LogP contribution in [0.2, 0.25) is 0 Å². The maximum atomic E-state index is 9.00. The SMILES string of the molecule is N#Cc1nccnc1NCc1cccc(Cn2cccn2)c1. The maximum absolute atomic E-state index is 9.00. The van der Waals surface area contributed by atoms with E-state index in [1.807, 2.05) is 35.1 Å². The van der Waals surface area contributed by atoms with Crippen LogP contribution in [0.4, 0.5) is 5.82 Å². The van der Waals surface area contributed by atoms with Gasteiger partial charge in [-0.1, -0.05) is 24.3 Å². The second kappa shape index (κ2) is 6.50. The molecule has 0 unspecified atom stereocenters. The van der Waals surface area contributed by atoms with Crippen LogP contribution in [-0.4, -0.2) is 19.7 Å². The Morgan fingerprint density at radius 1 is 1.09 bits per heavy atom. The minimum absolute atomic E-state index is 0.301. The van der Waals surface area contributed by atoms with E-state index < -0.39 is 0 Å². The average Bonchev–Trinajstić information content (AvgIpc) is 3.06. The summed E-state index contributed by atoms with van der Waals surface area (Å²) in [5.74, 6) is 0.502. The molecule has 0 fully saturated rings. The summed E-state index contributed by atoms with van der Waals surface area (Å²) in [7, 11) is 0. The van der Waals surface area contributed by atoms with Gasteiger partial charge in [-0.3, -0.25) is 4.68 Å². The fraction of sp³-hybridized carbons (Fsp3) is 0.125. The Kier molecular flexibility index (Phi) is 4.07. The Bertz CT molecular complexity index is 788. The molecule has 1 N–H and O–H groups in total. The van der Waals surface area contributed by atoms with Gasteiger partial charge >= 0.3 is 0 Å². The van der Waals surface area contributed by atoms with E-state index >= 15 is 0 Å². The van der Waals surface area contributed by atoms with Crippen LogP contribution in [0.15, 0.2) is 55.1 Å². The number of aromatic nitrogens is 4. The molecule has 1 aromatic carbocycles. The monoisotopic (exact) mass is 290 g/mol. The Hall–Kier alpha value is -3.20. The zero-order valence-corrected chi connectivity index (χ0v) is 11.8. The molecule has 0 saturated heterocycles. The molecule has 0 radical (unpaired) electrons. The Labute approximate surface area is 128 Å². The lowest BCUT2D eigenvalue weighted by Gasteiger charge is -2.08. The van der Waals surface area contributed by atoms with Gasteiger partial charge in [-0.25, -0.2) is 9.97 Å². The minimum atomic E-state index is 0.301. The second-order valence-corrected chi connectivity index (χ2v) is 4.74. The molecule has 0 aliphatic rings. The highest BCUT2D eigenvalue weighted by atomic mass is 15.3. The van der Waals surface area contributed by atoms with Crippen molar-refractivity contribution in [3.05, 3.63) is 71.9 Å². The van der Waals surface area contributed by atoms with Crippen LogP contribution < -0.4 is 5.32 Å².